The monoisotopic (exact) mass is 198 g/mol. The van der Waals surface area contributed by atoms with Gasteiger partial charge in [-0.2, -0.15) is 4.98 Å². The van der Waals surface area contributed by atoms with Crippen LogP contribution in [0.15, 0.2) is 4.52 Å². The van der Waals surface area contributed by atoms with Gasteiger partial charge in [0, 0.05) is 5.41 Å². The van der Waals surface area contributed by atoms with Gasteiger partial charge in [0.05, 0.1) is 12.0 Å². The van der Waals surface area contributed by atoms with Crippen LogP contribution in [-0.2, 0) is 5.41 Å². The van der Waals surface area contributed by atoms with Crippen molar-refractivity contribution >= 4 is 0 Å². The average molecular weight is 198 g/mol. The average Bonchev–Trinajstić information content (AvgIpc) is 2.49. The number of hydrogen-bond acceptors (Lipinski definition) is 4. The quantitative estimate of drug-likeness (QED) is 0.787. The minimum absolute atomic E-state index is 0.111. The van der Waals surface area contributed by atoms with Crippen LogP contribution in [0.3, 0.4) is 0 Å². The van der Waals surface area contributed by atoms with E-state index in [1.54, 1.807) is 6.92 Å². The van der Waals surface area contributed by atoms with Gasteiger partial charge in [-0.05, 0) is 6.92 Å². The Morgan fingerprint density at radius 3 is 2.21 bits per heavy atom. The number of aliphatic hydroxyl groups excluding tert-OH is 1. The first-order valence-corrected chi connectivity index (χ1v) is 4.84. The number of nitrogens with zero attached hydrogens (tertiary/aromatic N) is 2. The van der Waals surface area contributed by atoms with Gasteiger partial charge in [0.2, 0.25) is 5.89 Å². The molecule has 0 amide bonds. The zero-order chi connectivity index (χ0) is 10.9. The molecule has 2 atom stereocenters. The standard InChI is InChI=1S/C10H18N2O2/c1-6(7(2)13)8-11-9(12-14-8)10(3,4)5/h6-7,13H,1-5H3. The van der Waals surface area contributed by atoms with Crippen molar-refractivity contribution in [1.82, 2.24) is 10.1 Å². The zero-order valence-corrected chi connectivity index (χ0v) is 9.40. The molecule has 1 aromatic rings. The molecule has 0 bridgehead atoms. The van der Waals surface area contributed by atoms with Crippen molar-refractivity contribution in [2.24, 2.45) is 0 Å². The van der Waals surface area contributed by atoms with Crippen LogP contribution in [0.4, 0.5) is 0 Å². The zero-order valence-electron chi connectivity index (χ0n) is 9.40. The molecular weight excluding hydrogens is 180 g/mol. The fraction of sp³-hybridized carbons (Fsp3) is 0.800. The van der Waals surface area contributed by atoms with Gasteiger partial charge in [-0.3, -0.25) is 0 Å². The maximum atomic E-state index is 9.36. The minimum atomic E-state index is -0.469. The molecule has 4 heteroatoms. The first kappa shape index (κ1) is 11.2. The molecule has 1 aromatic heterocycles. The highest BCUT2D eigenvalue weighted by atomic mass is 16.5. The molecule has 0 aliphatic heterocycles. The third-order valence-electron chi connectivity index (χ3n) is 2.23. The number of aliphatic hydroxyl groups is 1. The van der Waals surface area contributed by atoms with Gasteiger partial charge >= 0.3 is 0 Å². The van der Waals surface area contributed by atoms with Crippen LogP contribution in [0, 0.1) is 0 Å². The van der Waals surface area contributed by atoms with Crippen LogP contribution in [-0.4, -0.2) is 21.4 Å². The minimum Gasteiger partial charge on any atom is -0.393 e. The highest BCUT2D eigenvalue weighted by molar-refractivity contribution is 5.02. The molecule has 1 heterocycles. The molecule has 0 fully saturated rings. The normalized spacial score (nSPS) is 16.7. The summed E-state index contributed by atoms with van der Waals surface area (Å²) < 4.78 is 5.09. The molecule has 0 saturated heterocycles. The molecule has 0 saturated carbocycles. The molecule has 0 aliphatic rings. The van der Waals surface area contributed by atoms with E-state index < -0.39 is 6.10 Å². The second kappa shape index (κ2) is 3.69. The Bertz CT molecular complexity index is 299. The highest BCUT2D eigenvalue weighted by Crippen LogP contribution is 2.22. The van der Waals surface area contributed by atoms with E-state index in [2.05, 4.69) is 10.1 Å². The van der Waals surface area contributed by atoms with E-state index >= 15 is 0 Å². The van der Waals surface area contributed by atoms with Gasteiger partial charge in [0.15, 0.2) is 5.82 Å². The van der Waals surface area contributed by atoms with Gasteiger partial charge in [0.1, 0.15) is 0 Å². The second-order valence-corrected chi connectivity index (χ2v) is 4.74. The fourth-order valence-corrected chi connectivity index (χ4v) is 0.931. The Morgan fingerprint density at radius 2 is 1.86 bits per heavy atom. The van der Waals surface area contributed by atoms with Gasteiger partial charge in [-0.25, -0.2) is 0 Å². The summed E-state index contributed by atoms with van der Waals surface area (Å²) in [6.45, 7) is 9.65. The van der Waals surface area contributed by atoms with E-state index in [-0.39, 0.29) is 11.3 Å². The lowest BCUT2D eigenvalue weighted by Crippen LogP contribution is -2.15. The largest absolute Gasteiger partial charge is 0.393 e. The van der Waals surface area contributed by atoms with Crippen molar-refractivity contribution < 1.29 is 9.63 Å². The van der Waals surface area contributed by atoms with Gasteiger partial charge in [0.25, 0.3) is 0 Å². The Morgan fingerprint density at radius 1 is 1.29 bits per heavy atom. The lowest BCUT2D eigenvalue weighted by Gasteiger charge is -2.11. The Hall–Kier alpha value is -0.900. The predicted molar refractivity (Wildman–Crippen MR) is 53.1 cm³/mol. The maximum Gasteiger partial charge on any atom is 0.232 e. The second-order valence-electron chi connectivity index (χ2n) is 4.74. The van der Waals surface area contributed by atoms with Crippen LogP contribution < -0.4 is 0 Å². The third kappa shape index (κ3) is 2.32. The first-order chi connectivity index (χ1) is 6.32. The Balaban J connectivity index is 2.89. The molecule has 0 aromatic carbocycles. The van der Waals surface area contributed by atoms with E-state index in [9.17, 15) is 5.11 Å². The van der Waals surface area contributed by atoms with Gasteiger partial charge < -0.3 is 9.63 Å². The Labute approximate surface area is 84.3 Å². The van der Waals surface area contributed by atoms with E-state index in [1.165, 1.54) is 0 Å². The van der Waals surface area contributed by atoms with Crippen LogP contribution >= 0.6 is 0 Å². The molecule has 1 N–H and O–H groups in total. The summed E-state index contributed by atoms with van der Waals surface area (Å²) in [5.41, 5.74) is -0.111. The lowest BCUT2D eigenvalue weighted by atomic mass is 9.96. The Kier molecular flexibility index (Phi) is 2.95. The molecule has 4 nitrogen and oxygen atoms in total. The van der Waals surface area contributed by atoms with Crippen molar-refractivity contribution in [2.45, 2.75) is 52.1 Å². The molecule has 0 spiro atoms. The van der Waals surface area contributed by atoms with Gasteiger partial charge in [-0.15, -0.1) is 0 Å². The van der Waals surface area contributed by atoms with E-state index in [0.29, 0.717) is 11.7 Å². The molecule has 2 unspecified atom stereocenters. The molecule has 0 aliphatic carbocycles. The summed E-state index contributed by atoms with van der Waals surface area (Å²) in [5, 5.41) is 13.3. The van der Waals surface area contributed by atoms with Gasteiger partial charge in [-0.1, -0.05) is 32.9 Å². The fourth-order valence-electron chi connectivity index (χ4n) is 0.931. The maximum absolute atomic E-state index is 9.36. The van der Waals surface area contributed by atoms with Crippen molar-refractivity contribution in [3.05, 3.63) is 11.7 Å². The number of hydrogen-bond donors (Lipinski definition) is 1. The molecule has 80 valence electrons. The highest BCUT2D eigenvalue weighted by Gasteiger charge is 2.24. The first-order valence-electron chi connectivity index (χ1n) is 4.84. The van der Waals surface area contributed by atoms with Crippen LogP contribution in [0.5, 0.6) is 0 Å². The summed E-state index contributed by atoms with van der Waals surface area (Å²) in [5.74, 6) is 1.07. The van der Waals surface area contributed by atoms with Crippen molar-refractivity contribution in [3.63, 3.8) is 0 Å². The predicted octanol–water partition coefficient (Wildman–Crippen LogP) is 1.85. The molecule has 0 radical (unpaired) electrons. The van der Waals surface area contributed by atoms with Crippen LogP contribution in [0.25, 0.3) is 0 Å². The number of rotatable bonds is 2. The third-order valence-corrected chi connectivity index (χ3v) is 2.23. The van der Waals surface area contributed by atoms with E-state index in [1.807, 2.05) is 27.7 Å². The SMILES string of the molecule is CC(O)C(C)c1nc(C(C)(C)C)no1. The van der Waals surface area contributed by atoms with Crippen molar-refractivity contribution in [1.29, 1.82) is 0 Å². The summed E-state index contributed by atoms with van der Waals surface area (Å²) in [6.07, 6.45) is -0.469. The number of aromatic nitrogens is 2. The van der Waals surface area contributed by atoms with Crippen molar-refractivity contribution in [3.8, 4) is 0 Å². The van der Waals surface area contributed by atoms with E-state index in [0.717, 1.165) is 0 Å². The molecule has 14 heavy (non-hydrogen) atoms. The summed E-state index contributed by atoms with van der Waals surface area (Å²) in [7, 11) is 0. The lowest BCUT2D eigenvalue weighted by molar-refractivity contribution is 0.151. The van der Waals surface area contributed by atoms with Crippen LogP contribution in [0.1, 0.15) is 52.3 Å². The molecule has 1 rings (SSSR count). The summed E-state index contributed by atoms with van der Waals surface area (Å²) in [4.78, 5) is 4.26. The topological polar surface area (TPSA) is 59.2 Å². The molecular formula is C10H18N2O2. The smallest absolute Gasteiger partial charge is 0.232 e. The summed E-state index contributed by atoms with van der Waals surface area (Å²) >= 11 is 0. The van der Waals surface area contributed by atoms with Crippen LogP contribution in [0.2, 0.25) is 0 Å². The summed E-state index contributed by atoms with van der Waals surface area (Å²) in [6, 6.07) is 0. The van der Waals surface area contributed by atoms with E-state index in [4.69, 9.17) is 4.52 Å². The van der Waals surface area contributed by atoms with Crippen molar-refractivity contribution in [2.75, 3.05) is 0 Å².